The van der Waals surface area contributed by atoms with E-state index in [-0.39, 0.29) is 0 Å². The van der Waals surface area contributed by atoms with Gasteiger partial charge in [-0.3, -0.25) is 9.69 Å². The standard InChI is InChI=1S/C29H41NO3/c1-20-17-27(33-23-11-9-22(10-12-23)29(2,3)4)26(25-8-6-5-7-24(20)25)19-30-15-13-21(14-16-30)18-28(31)32/h5-8,17,21-23H,9-16,18-19H2,1-4H3,(H,31,32). The minimum absolute atomic E-state index is 0.296. The van der Waals surface area contributed by atoms with Gasteiger partial charge in [0.1, 0.15) is 5.75 Å². The Morgan fingerprint density at radius 2 is 1.67 bits per heavy atom. The van der Waals surface area contributed by atoms with Gasteiger partial charge in [-0.05, 0) is 98.2 Å². The van der Waals surface area contributed by atoms with Crippen molar-refractivity contribution in [2.45, 2.75) is 85.3 Å². The Labute approximate surface area is 199 Å². The van der Waals surface area contributed by atoms with Crippen LogP contribution in [0.2, 0.25) is 0 Å². The number of likely N-dealkylation sites (tertiary alicyclic amines) is 1. The van der Waals surface area contributed by atoms with E-state index in [0.717, 1.165) is 57.0 Å². The summed E-state index contributed by atoms with van der Waals surface area (Å²) in [5, 5.41) is 11.7. The van der Waals surface area contributed by atoms with Gasteiger partial charge in [-0.15, -0.1) is 0 Å². The van der Waals surface area contributed by atoms with Gasteiger partial charge in [-0.2, -0.15) is 0 Å². The fraction of sp³-hybridized carbons (Fsp3) is 0.621. The number of carboxylic acids is 1. The van der Waals surface area contributed by atoms with E-state index in [1.54, 1.807) is 0 Å². The quantitative estimate of drug-likeness (QED) is 0.523. The van der Waals surface area contributed by atoms with Crippen LogP contribution in [-0.4, -0.2) is 35.2 Å². The molecule has 4 rings (SSSR count). The molecule has 1 saturated carbocycles. The van der Waals surface area contributed by atoms with Gasteiger partial charge in [0.2, 0.25) is 0 Å². The summed E-state index contributed by atoms with van der Waals surface area (Å²) in [4.78, 5) is 13.6. The summed E-state index contributed by atoms with van der Waals surface area (Å²) in [6, 6.07) is 10.9. The SMILES string of the molecule is Cc1cc(OC2CCC(C(C)(C)C)CC2)c(CN2CCC(CC(=O)O)CC2)c2ccccc12. The molecular formula is C29H41NO3. The molecule has 33 heavy (non-hydrogen) atoms. The number of benzene rings is 2. The molecule has 0 spiro atoms. The lowest BCUT2D eigenvalue weighted by Crippen LogP contribution is -2.34. The van der Waals surface area contributed by atoms with E-state index in [0.29, 0.717) is 23.9 Å². The Kier molecular flexibility index (Phi) is 7.33. The van der Waals surface area contributed by atoms with Crippen LogP contribution < -0.4 is 4.74 Å². The van der Waals surface area contributed by atoms with Crippen LogP contribution in [0.4, 0.5) is 0 Å². The number of fused-ring (bicyclic) bond motifs is 1. The molecule has 0 aromatic heterocycles. The van der Waals surface area contributed by atoms with Crippen LogP contribution >= 0.6 is 0 Å². The van der Waals surface area contributed by atoms with Crippen LogP contribution in [0.15, 0.2) is 30.3 Å². The molecule has 2 aromatic carbocycles. The first kappa shape index (κ1) is 24.1. The average Bonchev–Trinajstić information content (AvgIpc) is 2.77. The molecule has 2 aromatic rings. The molecule has 0 atom stereocenters. The molecule has 1 N–H and O–H groups in total. The minimum atomic E-state index is -0.671. The monoisotopic (exact) mass is 451 g/mol. The highest BCUT2D eigenvalue weighted by molar-refractivity contribution is 5.90. The van der Waals surface area contributed by atoms with Crippen LogP contribution in [0.25, 0.3) is 10.8 Å². The third-order valence-electron chi connectivity index (χ3n) is 8.07. The van der Waals surface area contributed by atoms with Crippen molar-refractivity contribution in [3.63, 3.8) is 0 Å². The number of hydrogen-bond donors (Lipinski definition) is 1. The third kappa shape index (κ3) is 5.90. The molecule has 2 fully saturated rings. The number of nitrogens with zero attached hydrogens (tertiary/aromatic N) is 1. The van der Waals surface area contributed by atoms with Gasteiger partial charge in [0.05, 0.1) is 6.10 Å². The van der Waals surface area contributed by atoms with Crippen molar-refractivity contribution >= 4 is 16.7 Å². The highest BCUT2D eigenvalue weighted by Crippen LogP contribution is 2.40. The van der Waals surface area contributed by atoms with Gasteiger partial charge >= 0.3 is 5.97 Å². The Balaban J connectivity index is 1.52. The molecule has 1 aliphatic carbocycles. The number of rotatable bonds is 6. The van der Waals surface area contributed by atoms with Crippen molar-refractivity contribution in [2.75, 3.05) is 13.1 Å². The second kappa shape index (κ2) is 10.0. The predicted molar refractivity (Wildman–Crippen MR) is 135 cm³/mol. The highest BCUT2D eigenvalue weighted by Gasteiger charge is 2.31. The fourth-order valence-electron chi connectivity index (χ4n) is 5.90. The lowest BCUT2D eigenvalue weighted by atomic mass is 9.72. The molecule has 1 saturated heterocycles. The number of ether oxygens (including phenoxy) is 1. The van der Waals surface area contributed by atoms with Crippen LogP contribution in [-0.2, 0) is 11.3 Å². The van der Waals surface area contributed by atoms with Crippen LogP contribution in [0, 0.1) is 24.2 Å². The Morgan fingerprint density at radius 1 is 1.03 bits per heavy atom. The summed E-state index contributed by atoms with van der Waals surface area (Å²) >= 11 is 0. The smallest absolute Gasteiger partial charge is 0.303 e. The zero-order chi connectivity index (χ0) is 23.6. The maximum atomic E-state index is 11.1. The third-order valence-corrected chi connectivity index (χ3v) is 8.07. The van der Waals surface area contributed by atoms with E-state index in [9.17, 15) is 4.79 Å². The van der Waals surface area contributed by atoms with Crippen LogP contribution in [0.3, 0.4) is 0 Å². The average molecular weight is 452 g/mol. The molecule has 1 aliphatic heterocycles. The van der Waals surface area contributed by atoms with Gasteiger partial charge in [0.15, 0.2) is 0 Å². The van der Waals surface area contributed by atoms with Gasteiger partial charge in [-0.1, -0.05) is 45.0 Å². The van der Waals surface area contributed by atoms with Crippen molar-refractivity contribution in [1.82, 2.24) is 4.90 Å². The molecule has 4 nitrogen and oxygen atoms in total. The first-order valence-electron chi connectivity index (χ1n) is 12.8. The molecule has 0 bridgehead atoms. The molecule has 0 amide bonds. The van der Waals surface area contributed by atoms with E-state index in [4.69, 9.17) is 9.84 Å². The number of piperidine rings is 1. The summed E-state index contributed by atoms with van der Waals surface area (Å²) in [5.41, 5.74) is 2.95. The fourth-order valence-corrected chi connectivity index (χ4v) is 5.90. The lowest BCUT2D eigenvalue weighted by Gasteiger charge is -2.37. The van der Waals surface area contributed by atoms with E-state index in [2.05, 4.69) is 62.9 Å². The van der Waals surface area contributed by atoms with E-state index in [1.807, 2.05) is 0 Å². The lowest BCUT2D eigenvalue weighted by molar-refractivity contribution is -0.138. The zero-order valence-electron chi connectivity index (χ0n) is 20.9. The maximum absolute atomic E-state index is 11.1. The van der Waals surface area contributed by atoms with Gasteiger partial charge in [-0.25, -0.2) is 0 Å². The summed E-state index contributed by atoms with van der Waals surface area (Å²) in [7, 11) is 0. The number of carboxylic acid groups (broad SMARTS) is 1. The van der Waals surface area contributed by atoms with Crippen molar-refractivity contribution in [2.24, 2.45) is 17.3 Å². The van der Waals surface area contributed by atoms with Gasteiger partial charge in [0, 0.05) is 18.5 Å². The second-order valence-electron chi connectivity index (χ2n) is 11.5. The highest BCUT2D eigenvalue weighted by atomic mass is 16.5. The predicted octanol–water partition coefficient (Wildman–Crippen LogP) is 6.82. The van der Waals surface area contributed by atoms with E-state index >= 15 is 0 Å². The molecule has 0 unspecified atom stereocenters. The maximum Gasteiger partial charge on any atom is 0.303 e. The number of carbonyl (C=O) groups is 1. The second-order valence-corrected chi connectivity index (χ2v) is 11.5. The first-order chi connectivity index (χ1) is 15.7. The Bertz CT molecular complexity index is 961. The van der Waals surface area contributed by atoms with Crippen molar-refractivity contribution < 1.29 is 14.6 Å². The number of aliphatic carboxylic acids is 1. The largest absolute Gasteiger partial charge is 0.490 e. The summed E-state index contributed by atoms with van der Waals surface area (Å²) in [6.45, 7) is 12.1. The number of aryl methyl sites for hydroxylation is 1. The van der Waals surface area contributed by atoms with Crippen LogP contribution in [0.1, 0.15) is 76.8 Å². The van der Waals surface area contributed by atoms with E-state index < -0.39 is 5.97 Å². The van der Waals surface area contributed by atoms with Crippen molar-refractivity contribution in [3.05, 3.63) is 41.5 Å². The topological polar surface area (TPSA) is 49.8 Å². The summed E-state index contributed by atoms with van der Waals surface area (Å²) in [5.74, 6) is 1.47. The van der Waals surface area contributed by atoms with Crippen molar-refractivity contribution in [1.29, 1.82) is 0 Å². The molecular weight excluding hydrogens is 410 g/mol. The number of hydrogen-bond acceptors (Lipinski definition) is 3. The molecule has 0 radical (unpaired) electrons. The Hall–Kier alpha value is -2.07. The first-order valence-corrected chi connectivity index (χ1v) is 12.8. The molecule has 4 heteroatoms. The van der Waals surface area contributed by atoms with Crippen molar-refractivity contribution in [3.8, 4) is 5.75 Å². The van der Waals surface area contributed by atoms with Crippen LogP contribution in [0.5, 0.6) is 5.75 Å². The minimum Gasteiger partial charge on any atom is -0.490 e. The van der Waals surface area contributed by atoms with Gasteiger partial charge in [0.25, 0.3) is 0 Å². The molecule has 1 heterocycles. The van der Waals surface area contributed by atoms with Gasteiger partial charge < -0.3 is 9.84 Å². The molecule has 180 valence electrons. The summed E-state index contributed by atoms with van der Waals surface area (Å²) in [6.07, 6.45) is 7.27. The zero-order valence-corrected chi connectivity index (χ0v) is 20.9. The summed E-state index contributed by atoms with van der Waals surface area (Å²) < 4.78 is 6.75. The van der Waals surface area contributed by atoms with E-state index in [1.165, 1.54) is 34.7 Å². The molecule has 2 aliphatic rings. The Morgan fingerprint density at radius 3 is 2.27 bits per heavy atom. The normalized spacial score (nSPS) is 23.0.